The number of hydrogen-bond donors (Lipinski definition) is 0. The lowest BCUT2D eigenvalue weighted by atomic mass is 9.41. The minimum atomic E-state index is 0.311. The molecule has 0 aromatic heterocycles. The molecule has 0 aliphatic heterocycles. The lowest BCUT2D eigenvalue weighted by Gasteiger charge is -2.65. The molecule has 35 heavy (non-hydrogen) atoms. The van der Waals surface area contributed by atoms with E-state index in [2.05, 4.69) is 43.6 Å². The molecule has 204 valence electrons. The van der Waals surface area contributed by atoms with Gasteiger partial charge in [-0.15, -0.1) is 0 Å². The Labute approximate surface area is 224 Å². The van der Waals surface area contributed by atoms with Crippen LogP contribution in [0.4, 0.5) is 0 Å². The highest BCUT2D eigenvalue weighted by atomic mass is 79.9. The van der Waals surface area contributed by atoms with Gasteiger partial charge in [0.25, 0.3) is 0 Å². The predicted octanol–water partition coefficient (Wildman–Crippen LogP) is 7.68. The van der Waals surface area contributed by atoms with Crippen molar-refractivity contribution in [1.29, 1.82) is 0 Å². The van der Waals surface area contributed by atoms with E-state index in [1.807, 2.05) is 0 Å². The molecule has 0 radical (unpaired) electrons. The van der Waals surface area contributed by atoms with E-state index < -0.39 is 0 Å². The number of ether oxygens (including phenoxy) is 4. The van der Waals surface area contributed by atoms with Gasteiger partial charge in [0.1, 0.15) is 13.6 Å². The van der Waals surface area contributed by atoms with Gasteiger partial charge >= 0.3 is 0 Å². The van der Waals surface area contributed by atoms with Crippen molar-refractivity contribution < 1.29 is 18.9 Å². The third-order valence-electron chi connectivity index (χ3n) is 11.7. The fourth-order valence-electron chi connectivity index (χ4n) is 10.2. The molecule has 4 nitrogen and oxygen atoms in total. The number of hydrogen-bond acceptors (Lipinski definition) is 4. The van der Waals surface area contributed by atoms with Gasteiger partial charge in [-0.2, -0.15) is 0 Å². The first-order chi connectivity index (χ1) is 16.9. The van der Waals surface area contributed by atoms with Crippen molar-refractivity contribution in [1.82, 2.24) is 0 Å². The molecule has 0 heterocycles. The molecule has 0 aromatic carbocycles. The number of fused-ring (bicyclic) bond motifs is 5. The molecule has 4 aliphatic carbocycles. The van der Waals surface area contributed by atoms with E-state index >= 15 is 0 Å². The lowest BCUT2D eigenvalue weighted by molar-refractivity contribution is -0.239. The summed E-state index contributed by atoms with van der Waals surface area (Å²) in [5, 5.41) is 1.13. The Morgan fingerprint density at radius 2 is 1.57 bits per heavy atom. The predicted molar refractivity (Wildman–Crippen MR) is 145 cm³/mol. The largest absolute Gasteiger partial charge is 0.359 e. The summed E-state index contributed by atoms with van der Waals surface area (Å²) in [6.07, 6.45) is 13.7. The topological polar surface area (TPSA) is 36.9 Å². The molecule has 0 N–H and O–H groups in total. The summed E-state index contributed by atoms with van der Waals surface area (Å²) in [5.41, 5.74) is 0.855. The minimum absolute atomic E-state index is 0.311. The van der Waals surface area contributed by atoms with Crippen molar-refractivity contribution in [2.24, 2.45) is 52.3 Å². The summed E-state index contributed by atoms with van der Waals surface area (Å²) in [4.78, 5) is 0. The molecule has 0 amide bonds. The minimum Gasteiger partial charge on any atom is -0.359 e. The van der Waals surface area contributed by atoms with Gasteiger partial charge in [0.2, 0.25) is 0 Å². The number of halogens is 1. The molecule has 4 aliphatic rings. The Morgan fingerprint density at radius 3 is 2.26 bits per heavy atom. The molecule has 0 bridgehead atoms. The first-order valence-corrected chi connectivity index (χ1v) is 15.7. The van der Waals surface area contributed by atoms with Gasteiger partial charge in [0.05, 0.1) is 12.2 Å². The van der Waals surface area contributed by atoms with Crippen LogP contribution in [0.1, 0.15) is 91.9 Å². The second-order valence-electron chi connectivity index (χ2n) is 13.0. The van der Waals surface area contributed by atoms with Crippen molar-refractivity contribution in [3.05, 3.63) is 0 Å². The lowest BCUT2D eigenvalue weighted by Crippen LogP contribution is -2.63. The van der Waals surface area contributed by atoms with Crippen LogP contribution in [0.5, 0.6) is 0 Å². The Bertz CT molecular complexity index is 675. The normalized spacial score (nSPS) is 46.0. The SMILES string of the molecule is CC[C@H]1[C@@H](OCOC)C2C3CC[C@H]([C@H](C)CCCBr)[C@@]3(C)CCC2[C@@]2(C)CC[C@@H](OCOC)C[C@@H]12. The molecular weight excluding hydrogens is 504 g/mol. The first kappa shape index (κ1) is 28.3. The Kier molecular flexibility index (Phi) is 9.72. The van der Waals surface area contributed by atoms with Crippen molar-refractivity contribution in [3.63, 3.8) is 0 Å². The molecule has 0 spiro atoms. The van der Waals surface area contributed by atoms with Crippen LogP contribution in [0, 0.1) is 52.3 Å². The van der Waals surface area contributed by atoms with Crippen LogP contribution in [0.3, 0.4) is 0 Å². The second kappa shape index (κ2) is 12.0. The quantitative estimate of drug-likeness (QED) is 0.193. The average molecular weight is 558 g/mol. The van der Waals surface area contributed by atoms with Crippen LogP contribution < -0.4 is 0 Å². The van der Waals surface area contributed by atoms with E-state index in [1.165, 1.54) is 57.8 Å². The van der Waals surface area contributed by atoms with E-state index in [9.17, 15) is 0 Å². The summed E-state index contributed by atoms with van der Waals surface area (Å²) in [6, 6.07) is 0. The van der Waals surface area contributed by atoms with Crippen LogP contribution >= 0.6 is 15.9 Å². The molecule has 4 rings (SSSR count). The van der Waals surface area contributed by atoms with Gasteiger partial charge in [-0.05, 0) is 110 Å². The van der Waals surface area contributed by atoms with Crippen molar-refractivity contribution in [3.8, 4) is 0 Å². The monoisotopic (exact) mass is 556 g/mol. The Morgan fingerprint density at radius 1 is 0.886 bits per heavy atom. The first-order valence-electron chi connectivity index (χ1n) is 14.6. The van der Waals surface area contributed by atoms with Gasteiger partial charge in [-0.3, -0.25) is 0 Å². The Balaban J connectivity index is 1.64. The van der Waals surface area contributed by atoms with E-state index in [-0.39, 0.29) is 0 Å². The number of alkyl halides is 1. The third-order valence-corrected chi connectivity index (χ3v) is 12.3. The molecule has 4 fully saturated rings. The molecule has 0 saturated heterocycles. The zero-order valence-corrected chi connectivity index (χ0v) is 25.0. The smallest absolute Gasteiger partial charge is 0.146 e. The number of methoxy groups -OCH3 is 2. The zero-order valence-electron chi connectivity index (χ0n) is 23.4. The second-order valence-corrected chi connectivity index (χ2v) is 13.8. The fraction of sp³-hybridized carbons (Fsp3) is 1.00. The standard InChI is InChI=1S/C30H53BrO4/c1-7-22-26-17-21(34-18-32-5)12-14-30(26,4)25-13-15-29(3)23(20(2)9-8-16-31)10-11-24(29)27(25)28(22)35-19-33-6/h20-28H,7-19H2,1-6H3/t20-,21-,22-,23-,24?,25?,26+,27?,28-,29-,30-/m1/s1. The summed E-state index contributed by atoms with van der Waals surface area (Å²) < 4.78 is 23.7. The van der Waals surface area contributed by atoms with E-state index in [0.29, 0.717) is 54.4 Å². The maximum absolute atomic E-state index is 6.74. The van der Waals surface area contributed by atoms with Crippen molar-refractivity contribution >= 4 is 15.9 Å². The molecule has 0 aromatic rings. The van der Waals surface area contributed by atoms with E-state index in [0.717, 1.165) is 35.4 Å². The van der Waals surface area contributed by atoms with Gasteiger partial charge in [-0.1, -0.05) is 50.0 Å². The summed E-state index contributed by atoms with van der Waals surface area (Å²) in [5.74, 6) is 5.13. The van der Waals surface area contributed by atoms with Crippen molar-refractivity contribution in [2.75, 3.05) is 33.1 Å². The maximum Gasteiger partial charge on any atom is 0.146 e. The highest BCUT2D eigenvalue weighted by molar-refractivity contribution is 9.09. The van der Waals surface area contributed by atoms with Gasteiger partial charge < -0.3 is 18.9 Å². The maximum atomic E-state index is 6.74. The van der Waals surface area contributed by atoms with Crippen LogP contribution in [0.15, 0.2) is 0 Å². The molecule has 11 atom stereocenters. The summed E-state index contributed by atoms with van der Waals surface area (Å²) in [7, 11) is 3.51. The van der Waals surface area contributed by atoms with Crippen LogP contribution in [0.25, 0.3) is 0 Å². The average Bonchev–Trinajstić information content (AvgIpc) is 3.21. The highest BCUT2D eigenvalue weighted by Crippen LogP contribution is 2.70. The van der Waals surface area contributed by atoms with Crippen LogP contribution in [-0.2, 0) is 18.9 Å². The summed E-state index contributed by atoms with van der Waals surface area (Å²) >= 11 is 3.67. The summed E-state index contributed by atoms with van der Waals surface area (Å²) in [6.45, 7) is 11.1. The third kappa shape index (κ3) is 5.16. The van der Waals surface area contributed by atoms with Crippen molar-refractivity contribution in [2.45, 2.75) is 104 Å². The molecule has 3 unspecified atom stereocenters. The highest BCUT2D eigenvalue weighted by Gasteiger charge is 2.65. The molecule has 5 heteroatoms. The van der Waals surface area contributed by atoms with Crippen LogP contribution in [-0.4, -0.2) is 45.3 Å². The van der Waals surface area contributed by atoms with E-state index in [1.54, 1.807) is 14.2 Å². The molecule has 4 saturated carbocycles. The van der Waals surface area contributed by atoms with Gasteiger partial charge in [0.15, 0.2) is 0 Å². The van der Waals surface area contributed by atoms with Gasteiger partial charge in [0, 0.05) is 19.5 Å². The van der Waals surface area contributed by atoms with Crippen LogP contribution in [0.2, 0.25) is 0 Å². The number of rotatable bonds is 11. The van der Waals surface area contributed by atoms with Gasteiger partial charge in [-0.25, -0.2) is 0 Å². The molecular formula is C30H53BrO4. The fourth-order valence-corrected chi connectivity index (χ4v) is 10.5. The van der Waals surface area contributed by atoms with E-state index in [4.69, 9.17) is 18.9 Å². The Hall–Kier alpha value is 0.320. The zero-order chi connectivity index (χ0) is 25.2.